The Labute approximate surface area is 189 Å². The van der Waals surface area contributed by atoms with Crippen molar-refractivity contribution >= 4 is 40.2 Å². The molecule has 1 heterocycles. The van der Waals surface area contributed by atoms with Crippen LogP contribution in [0, 0.1) is 0 Å². The van der Waals surface area contributed by atoms with E-state index in [-0.39, 0.29) is 29.4 Å². The number of carbonyl (C=O) groups excluding carboxylic acids is 2. The second kappa shape index (κ2) is 11.4. The first kappa shape index (κ1) is 23.5. The quantitative estimate of drug-likeness (QED) is 0.217. The summed E-state index contributed by atoms with van der Waals surface area (Å²) >= 11 is 1.17. The maximum absolute atomic E-state index is 13.0. The number of carbonyl (C=O) groups is 2. The molecule has 0 aliphatic heterocycles. The Hall–Kier alpha value is -3.17. The zero-order valence-electron chi connectivity index (χ0n) is 18.0. The standard InChI is InChI=1S/C23H25N3O5S/c1-3-31-22(29)17-10-5-7-12-19(17)24-20(27)15-32-23-25-18-11-6-4-9-16(18)21(28)26(23)13-8-14-30-2/h4-7,9-12H,3,8,13-15H2,1-2H3,(H,24,27). The number of para-hydroxylation sites is 2. The molecule has 0 fully saturated rings. The van der Waals surface area contributed by atoms with Gasteiger partial charge in [-0.25, -0.2) is 9.78 Å². The lowest BCUT2D eigenvalue weighted by atomic mass is 10.2. The van der Waals surface area contributed by atoms with Gasteiger partial charge in [0.05, 0.1) is 34.5 Å². The van der Waals surface area contributed by atoms with E-state index in [0.29, 0.717) is 41.3 Å². The van der Waals surface area contributed by atoms with Crippen LogP contribution in [-0.4, -0.2) is 47.5 Å². The molecule has 168 valence electrons. The van der Waals surface area contributed by atoms with Crippen molar-refractivity contribution in [1.29, 1.82) is 0 Å². The fraction of sp³-hybridized carbons (Fsp3) is 0.304. The molecule has 0 aliphatic rings. The van der Waals surface area contributed by atoms with Gasteiger partial charge >= 0.3 is 5.97 Å². The van der Waals surface area contributed by atoms with Crippen LogP contribution < -0.4 is 10.9 Å². The van der Waals surface area contributed by atoms with Crippen LogP contribution in [0.4, 0.5) is 5.69 Å². The van der Waals surface area contributed by atoms with Gasteiger partial charge in [0.2, 0.25) is 5.91 Å². The van der Waals surface area contributed by atoms with E-state index in [9.17, 15) is 14.4 Å². The molecule has 0 bridgehead atoms. The van der Waals surface area contributed by atoms with E-state index in [1.807, 2.05) is 6.07 Å². The maximum atomic E-state index is 13.0. The van der Waals surface area contributed by atoms with Crippen LogP contribution in [0.25, 0.3) is 10.9 Å². The summed E-state index contributed by atoms with van der Waals surface area (Å²) in [6.45, 7) is 2.90. The summed E-state index contributed by atoms with van der Waals surface area (Å²) in [7, 11) is 1.61. The van der Waals surface area contributed by atoms with Gasteiger partial charge in [-0.1, -0.05) is 36.0 Å². The summed E-state index contributed by atoms with van der Waals surface area (Å²) in [6.07, 6.45) is 0.642. The number of fused-ring (bicyclic) bond motifs is 1. The Morgan fingerprint density at radius 3 is 2.66 bits per heavy atom. The molecule has 9 heteroatoms. The van der Waals surface area contributed by atoms with E-state index in [1.165, 1.54) is 11.8 Å². The first-order valence-corrected chi connectivity index (χ1v) is 11.2. The van der Waals surface area contributed by atoms with Crippen LogP contribution >= 0.6 is 11.8 Å². The predicted octanol–water partition coefficient (Wildman–Crippen LogP) is 3.34. The molecule has 2 aromatic carbocycles. The average molecular weight is 456 g/mol. The molecule has 0 aliphatic carbocycles. The molecule has 0 spiro atoms. The average Bonchev–Trinajstić information content (AvgIpc) is 2.80. The molecule has 32 heavy (non-hydrogen) atoms. The lowest BCUT2D eigenvalue weighted by molar-refractivity contribution is -0.113. The molecule has 0 saturated heterocycles. The Balaban J connectivity index is 1.78. The van der Waals surface area contributed by atoms with Crippen LogP contribution in [0.2, 0.25) is 0 Å². The van der Waals surface area contributed by atoms with Crippen molar-refractivity contribution in [3.05, 3.63) is 64.4 Å². The summed E-state index contributed by atoms with van der Waals surface area (Å²) in [4.78, 5) is 42.3. The molecule has 1 N–H and O–H groups in total. The number of benzene rings is 2. The molecule has 3 rings (SSSR count). The number of hydrogen-bond acceptors (Lipinski definition) is 7. The van der Waals surface area contributed by atoms with Crippen LogP contribution in [0.15, 0.2) is 58.5 Å². The minimum atomic E-state index is -0.501. The summed E-state index contributed by atoms with van der Waals surface area (Å²) in [6, 6.07) is 13.8. The Bertz CT molecular complexity index is 1160. The molecule has 0 saturated carbocycles. The molecule has 0 unspecified atom stereocenters. The van der Waals surface area contributed by atoms with Gasteiger partial charge in [0, 0.05) is 20.3 Å². The minimum Gasteiger partial charge on any atom is -0.462 e. The molecule has 1 amide bonds. The van der Waals surface area contributed by atoms with Crippen molar-refractivity contribution in [2.45, 2.75) is 25.0 Å². The van der Waals surface area contributed by atoms with E-state index in [4.69, 9.17) is 9.47 Å². The highest BCUT2D eigenvalue weighted by Crippen LogP contribution is 2.20. The van der Waals surface area contributed by atoms with Gasteiger partial charge in [0.1, 0.15) is 0 Å². The van der Waals surface area contributed by atoms with Crippen LogP contribution in [0.5, 0.6) is 0 Å². The molecule has 3 aromatic rings. The Morgan fingerprint density at radius 1 is 1.12 bits per heavy atom. The van der Waals surface area contributed by atoms with Gasteiger partial charge in [-0.3, -0.25) is 14.2 Å². The summed E-state index contributed by atoms with van der Waals surface area (Å²) in [5.74, 6) is -0.802. The third-order valence-electron chi connectivity index (χ3n) is 4.59. The number of amides is 1. The number of anilines is 1. The Morgan fingerprint density at radius 2 is 1.88 bits per heavy atom. The number of ether oxygens (including phenoxy) is 2. The first-order valence-electron chi connectivity index (χ1n) is 10.2. The SMILES string of the molecule is CCOC(=O)c1ccccc1NC(=O)CSc1nc2ccccc2c(=O)n1CCCOC. The second-order valence-corrected chi connectivity index (χ2v) is 7.76. The summed E-state index contributed by atoms with van der Waals surface area (Å²) in [5.41, 5.74) is 1.09. The lowest BCUT2D eigenvalue weighted by Crippen LogP contribution is -2.25. The fourth-order valence-corrected chi connectivity index (χ4v) is 3.94. The number of nitrogens with one attached hydrogen (secondary N) is 1. The monoisotopic (exact) mass is 455 g/mol. The van der Waals surface area contributed by atoms with Crippen molar-refractivity contribution in [1.82, 2.24) is 9.55 Å². The molecular weight excluding hydrogens is 430 g/mol. The van der Waals surface area contributed by atoms with E-state index < -0.39 is 5.97 Å². The van der Waals surface area contributed by atoms with Gasteiger partial charge in [0.15, 0.2) is 5.16 Å². The van der Waals surface area contributed by atoms with Gasteiger partial charge in [0.25, 0.3) is 5.56 Å². The van der Waals surface area contributed by atoms with Crippen LogP contribution in [-0.2, 0) is 20.8 Å². The fourth-order valence-electron chi connectivity index (χ4n) is 3.12. The van der Waals surface area contributed by atoms with E-state index >= 15 is 0 Å². The molecule has 8 nitrogen and oxygen atoms in total. The minimum absolute atomic E-state index is 0.0201. The van der Waals surface area contributed by atoms with Gasteiger partial charge in [-0.05, 0) is 37.6 Å². The first-order chi connectivity index (χ1) is 15.5. The summed E-state index contributed by atoms with van der Waals surface area (Å²) in [5, 5.41) is 3.73. The van der Waals surface area contributed by atoms with Gasteiger partial charge in [-0.15, -0.1) is 0 Å². The number of methoxy groups -OCH3 is 1. The number of aromatic nitrogens is 2. The summed E-state index contributed by atoms with van der Waals surface area (Å²) < 4.78 is 11.7. The van der Waals surface area contributed by atoms with E-state index in [1.54, 1.807) is 61.1 Å². The van der Waals surface area contributed by atoms with Crippen molar-refractivity contribution in [3.8, 4) is 0 Å². The molecule has 0 atom stereocenters. The third kappa shape index (κ3) is 5.74. The molecule has 0 radical (unpaired) electrons. The second-order valence-electron chi connectivity index (χ2n) is 6.82. The number of thioether (sulfide) groups is 1. The van der Waals surface area contributed by atoms with Crippen molar-refractivity contribution < 1.29 is 19.1 Å². The number of esters is 1. The zero-order valence-corrected chi connectivity index (χ0v) is 18.8. The largest absolute Gasteiger partial charge is 0.462 e. The predicted molar refractivity (Wildman–Crippen MR) is 124 cm³/mol. The van der Waals surface area contributed by atoms with Crippen LogP contribution in [0.1, 0.15) is 23.7 Å². The third-order valence-corrected chi connectivity index (χ3v) is 5.56. The van der Waals surface area contributed by atoms with E-state index in [0.717, 1.165) is 0 Å². The number of rotatable bonds is 10. The highest BCUT2D eigenvalue weighted by atomic mass is 32.2. The normalized spacial score (nSPS) is 10.8. The highest BCUT2D eigenvalue weighted by Gasteiger charge is 2.16. The van der Waals surface area contributed by atoms with Gasteiger partial charge < -0.3 is 14.8 Å². The lowest BCUT2D eigenvalue weighted by Gasteiger charge is -2.13. The highest BCUT2D eigenvalue weighted by molar-refractivity contribution is 7.99. The molecular formula is C23H25N3O5S. The zero-order chi connectivity index (χ0) is 22.9. The van der Waals surface area contributed by atoms with Crippen LogP contribution in [0.3, 0.4) is 0 Å². The number of nitrogens with zero attached hydrogens (tertiary/aromatic N) is 2. The maximum Gasteiger partial charge on any atom is 0.340 e. The number of hydrogen-bond donors (Lipinski definition) is 1. The van der Waals surface area contributed by atoms with Gasteiger partial charge in [-0.2, -0.15) is 0 Å². The van der Waals surface area contributed by atoms with Crippen molar-refractivity contribution in [2.24, 2.45) is 0 Å². The molecule has 1 aromatic heterocycles. The van der Waals surface area contributed by atoms with E-state index in [2.05, 4.69) is 10.3 Å². The van der Waals surface area contributed by atoms with Crippen molar-refractivity contribution in [2.75, 3.05) is 31.4 Å². The smallest absolute Gasteiger partial charge is 0.340 e. The Kier molecular flexibility index (Phi) is 8.41. The topological polar surface area (TPSA) is 99.5 Å². The van der Waals surface area contributed by atoms with Crippen molar-refractivity contribution in [3.63, 3.8) is 0 Å².